The Morgan fingerprint density at radius 1 is 1.14 bits per heavy atom. The summed E-state index contributed by atoms with van der Waals surface area (Å²) in [5, 5.41) is 0. The molecule has 0 aliphatic rings. The predicted molar refractivity (Wildman–Crippen MR) is 56.7 cm³/mol. The van der Waals surface area contributed by atoms with Gasteiger partial charge in [0.1, 0.15) is 0 Å². The monoisotopic (exact) mass is 361 g/mol. The summed E-state index contributed by atoms with van der Waals surface area (Å²) in [6, 6.07) is 5.92. The first-order valence-electron chi connectivity index (χ1n) is 4.76. The summed E-state index contributed by atoms with van der Waals surface area (Å²) in [6.45, 7) is 8.00. The van der Waals surface area contributed by atoms with E-state index in [9.17, 15) is 0 Å². The Bertz CT molecular complexity index is 287. The number of aromatic nitrogens is 2. The topological polar surface area (TPSA) is 17.3 Å². The third-order valence-electron chi connectivity index (χ3n) is 1.25. The molecule has 0 amide bonds. The maximum absolute atomic E-state index is 3.84. The second kappa shape index (κ2) is 10.5. The van der Waals surface area contributed by atoms with Crippen molar-refractivity contribution in [3.05, 3.63) is 36.9 Å². The van der Waals surface area contributed by atoms with Crippen molar-refractivity contribution in [1.82, 2.24) is 9.38 Å². The molecule has 0 atom stereocenters. The maximum atomic E-state index is 3.84. The van der Waals surface area contributed by atoms with Crippen molar-refractivity contribution >= 4 is 5.52 Å². The van der Waals surface area contributed by atoms with Gasteiger partial charge in [0.2, 0.25) is 0 Å². The average Bonchev–Trinajstić information content (AvgIpc) is 2.71. The fourth-order valence-corrected chi connectivity index (χ4v) is 0.810. The van der Waals surface area contributed by atoms with Crippen molar-refractivity contribution in [3.8, 4) is 0 Å². The van der Waals surface area contributed by atoms with E-state index in [1.807, 2.05) is 56.5 Å². The van der Waals surface area contributed by atoms with Crippen LogP contribution in [0.1, 0.15) is 27.7 Å². The van der Waals surface area contributed by atoms with Crippen LogP contribution in [0.25, 0.3) is 5.52 Å². The molecule has 0 radical (unpaired) electrons. The van der Waals surface area contributed by atoms with Gasteiger partial charge in [0.05, 0.1) is 0 Å². The van der Waals surface area contributed by atoms with Gasteiger partial charge in [-0.25, -0.2) is 0 Å². The molecule has 0 aliphatic carbocycles. The van der Waals surface area contributed by atoms with Crippen LogP contribution in [-0.4, -0.2) is 9.38 Å². The molecule has 0 aromatic carbocycles. The molecule has 78 valence electrons. The minimum absolute atomic E-state index is 0. The van der Waals surface area contributed by atoms with Crippen LogP contribution < -0.4 is 0 Å². The molecule has 2 rings (SSSR count). The van der Waals surface area contributed by atoms with Gasteiger partial charge in [0, 0.05) is 27.4 Å². The van der Waals surface area contributed by atoms with E-state index >= 15 is 0 Å². The third kappa shape index (κ3) is 4.57. The van der Waals surface area contributed by atoms with E-state index in [2.05, 4.69) is 11.3 Å². The van der Waals surface area contributed by atoms with Crippen LogP contribution in [0, 0.1) is 6.33 Å². The Morgan fingerprint density at radius 3 is 2.36 bits per heavy atom. The van der Waals surface area contributed by atoms with Gasteiger partial charge in [-0.05, 0) is 0 Å². The maximum Gasteiger partial charge on any atom is 0.0407 e. The van der Waals surface area contributed by atoms with Crippen molar-refractivity contribution in [2.24, 2.45) is 0 Å². The van der Waals surface area contributed by atoms with E-state index in [-0.39, 0.29) is 21.1 Å². The molecule has 0 bridgehead atoms. The summed E-state index contributed by atoms with van der Waals surface area (Å²) in [4.78, 5) is 3.84. The Hall–Kier alpha value is -0.622. The number of hydrogen-bond donors (Lipinski definition) is 0. The first-order valence-corrected chi connectivity index (χ1v) is 4.76. The molecular formula is C11H17N2W-. The molecule has 0 saturated heterocycles. The molecule has 0 fully saturated rings. The SMILES string of the molecule is CC.CC.[W].[c-]1ncc2ccccn12. The van der Waals surface area contributed by atoms with Crippen molar-refractivity contribution in [2.75, 3.05) is 0 Å². The Morgan fingerprint density at radius 2 is 1.79 bits per heavy atom. The molecule has 0 N–H and O–H groups in total. The second-order valence-electron chi connectivity index (χ2n) is 1.85. The minimum Gasteiger partial charge on any atom is -0.433 e. The number of rotatable bonds is 0. The van der Waals surface area contributed by atoms with Gasteiger partial charge in [-0.3, -0.25) is 0 Å². The van der Waals surface area contributed by atoms with Crippen LogP contribution in [0.15, 0.2) is 30.6 Å². The zero-order valence-electron chi connectivity index (χ0n) is 9.19. The molecule has 3 heteroatoms. The van der Waals surface area contributed by atoms with Crippen LogP contribution in [0.3, 0.4) is 0 Å². The van der Waals surface area contributed by atoms with Gasteiger partial charge in [-0.15, -0.1) is 0 Å². The van der Waals surface area contributed by atoms with E-state index in [0.29, 0.717) is 0 Å². The molecule has 0 unspecified atom stereocenters. The predicted octanol–water partition coefficient (Wildman–Crippen LogP) is 3.18. The molecular weight excluding hydrogens is 344 g/mol. The van der Waals surface area contributed by atoms with E-state index < -0.39 is 0 Å². The van der Waals surface area contributed by atoms with Gasteiger partial charge in [0.15, 0.2) is 0 Å². The van der Waals surface area contributed by atoms with Crippen molar-refractivity contribution < 1.29 is 21.1 Å². The van der Waals surface area contributed by atoms with Gasteiger partial charge in [0.25, 0.3) is 0 Å². The van der Waals surface area contributed by atoms with Crippen molar-refractivity contribution in [1.29, 1.82) is 0 Å². The molecule has 0 spiro atoms. The fraction of sp³-hybridized carbons (Fsp3) is 0.364. The Labute approximate surface area is 101 Å². The molecule has 2 nitrogen and oxygen atoms in total. The first-order chi connectivity index (χ1) is 6.47. The van der Waals surface area contributed by atoms with Gasteiger partial charge < -0.3 is 9.38 Å². The number of fused-ring (bicyclic) bond motifs is 1. The summed E-state index contributed by atoms with van der Waals surface area (Å²) >= 11 is 0. The molecule has 2 aromatic heterocycles. The van der Waals surface area contributed by atoms with Gasteiger partial charge >= 0.3 is 0 Å². The molecule has 14 heavy (non-hydrogen) atoms. The number of pyridine rings is 1. The summed E-state index contributed by atoms with van der Waals surface area (Å²) in [6.07, 6.45) is 6.48. The van der Waals surface area contributed by atoms with Crippen molar-refractivity contribution in [2.45, 2.75) is 27.7 Å². The quantitative estimate of drug-likeness (QED) is 0.659. The largest absolute Gasteiger partial charge is 0.433 e. The van der Waals surface area contributed by atoms with Crippen LogP contribution in [0.5, 0.6) is 0 Å². The molecule has 2 heterocycles. The van der Waals surface area contributed by atoms with Crippen molar-refractivity contribution in [3.63, 3.8) is 0 Å². The standard InChI is InChI=1S/C7H5N2.2C2H6.W/c1-2-4-9-6-8-5-7(9)3-1;2*1-2;/h1-5H;2*1-2H3;/q-1;;;. The zero-order valence-corrected chi connectivity index (χ0v) is 12.1. The number of hydrogen-bond acceptors (Lipinski definition) is 1. The van der Waals surface area contributed by atoms with E-state index in [4.69, 9.17) is 0 Å². The third-order valence-corrected chi connectivity index (χ3v) is 1.25. The number of nitrogens with zero attached hydrogens (tertiary/aromatic N) is 2. The summed E-state index contributed by atoms with van der Waals surface area (Å²) in [7, 11) is 0. The van der Waals surface area contributed by atoms with E-state index in [0.717, 1.165) is 5.52 Å². The van der Waals surface area contributed by atoms with E-state index in [1.54, 1.807) is 6.20 Å². The van der Waals surface area contributed by atoms with E-state index in [1.165, 1.54) is 0 Å². The Kier molecular flexibility index (Phi) is 11.8. The summed E-state index contributed by atoms with van der Waals surface area (Å²) in [5.74, 6) is 0. The number of imidazole rings is 1. The molecule has 0 aliphatic heterocycles. The zero-order chi connectivity index (χ0) is 10.1. The van der Waals surface area contributed by atoms with Crippen LogP contribution in [0.2, 0.25) is 0 Å². The van der Waals surface area contributed by atoms with Crippen LogP contribution >= 0.6 is 0 Å². The van der Waals surface area contributed by atoms with Crippen LogP contribution in [0.4, 0.5) is 0 Å². The first kappa shape index (κ1) is 15.8. The summed E-state index contributed by atoms with van der Waals surface area (Å²) < 4.78 is 1.85. The molecule has 2 aromatic rings. The second-order valence-corrected chi connectivity index (χ2v) is 1.85. The van der Waals surface area contributed by atoms with Crippen LogP contribution in [-0.2, 0) is 21.1 Å². The minimum atomic E-state index is 0. The fourth-order valence-electron chi connectivity index (χ4n) is 0.810. The summed E-state index contributed by atoms with van der Waals surface area (Å²) in [5.41, 5.74) is 1.08. The van der Waals surface area contributed by atoms with Gasteiger partial charge in [-0.1, -0.05) is 63.8 Å². The molecule has 0 saturated carbocycles. The average molecular weight is 361 g/mol. The smallest absolute Gasteiger partial charge is 0.0407 e. The Balaban J connectivity index is 0. The van der Waals surface area contributed by atoms with Gasteiger partial charge in [-0.2, -0.15) is 0 Å². The normalized spacial score (nSPS) is 7.43.